The summed E-state index contributed by atoms with van der Waals surface area (Å²) in [6, 6.07) is 81.7. The van der Waals surface area contributed by atoms with Gasteiger partial charge in [0.05, 0.1) is 34.2 Å². The first-order valence-electron chi connectivity index (χ1n) is 24.7. The molecule has 0 fully saturated rings. The van der Waals surface area contributed by atoms with Crippen molar-refractivity contribution >= 4 is 36.5 Å². The fraction of sp³-hybridized carbons (Fsp3) is 0.0909. The molecule has 75 heavy (non-hydrogen) atoms. The van der Waals surface area contributed by atoms with Gasteiger partial charge >= 0.3 is 34.5 Å². The van der Waals surface area contributed by atoms with Crippen LogP contribution in [0.5, 0.6) is 0 Å². The van der Waals surface area contributed by atoms with Crippen LogP contribution in [0.1, 0.15) is 69.7 Å². The van der Waals surface area contributed by atoms with Gasteiger partial charge in [-0.05, 0) is 69.8 Å². The first-order chi connectivity index (χ1) is 37.1. The molecule has 6 aromatic carbocycles. The maximum atomic E-state index is 4.85. The number of benzene rings is 6. The summed E-state index contributed by atoms with van der Waals surface area (Å²) in [5, 5.41) is 0. The van der Waals surface area contributed by atoms with Gasteiger partial charge in [0.15, 0.2) is 0 Å². The van der Waals surface area contributed by atoms with Gasteiger partial charge in [-0.25, -0.2) is 0 Å². The van der Waals surface area contributed by atoms with Gasteiger partial charge in [-0.2, -0.15) is 0 Å². The van der Waals surface area contributed by atoms with Crippen molar-refractivity contribution in [1.29, 1.82) is 0 Å². The molecule has 0 unspecified atom stereocenters. The molecule has 3 aromatic heterocycles. The minimum atomic E-state index is -0.346. The second kappa shape index (κ2) is 25.9. The molecule has 12 rings (SSSR count). The minimum absolute atomic E-state index is 0.211. The maximum absolute atomic E-state index is 4.85. The first-order valence-corrected chi connectivity index (χ1v) is 29.2. The van der Waals surface area contributed by atoms with Crippen molar-refractivity contribution in [1.82, 2.24) is 15.0 Å². The Morgan fingerprint density at radius 1 is 0.280 bits per heavy atom. The summed E-state index contributed by atoms with van der Waals surface area (Å²) in [7, 11) is 9.71. The van der Waals surface area contributed by atoms with E-state index in [0.29, 0.717) is 0 Å². The number of allylic oxidation sites excluding steroid dienone is 3. The van der Waals surface area contributed by atoms with Crippen molar-refractivity contribution in [2.75, 3.05) is 0 Å². The number of aliphatic imine (C=N–C) groups is 3. The Hall–Kier alpha value is -7.80. The standard InChI is InChI=1S/3C22H18N2.2ClH.Ru/c3*1-3-9-18(10-4-1)22(19-11-5-2-6-12-19)14-16-24-21(17-22)20-13-7-8-15-23-20;;;/h3*1-16H,17H2;2*1H;/q;;;;;+2/p-2. The molecule has 0 spiro atoms. The van der Waals surface area contributed by atoms with Crippen LogP contribution >= 0.6 is 19.4 Å². The quantitative estimate of drug-likeness (QED) is 0.135. The van der Waals surface area contributed by atoms with E-state index in [-0.39, 0.29) is 31.4 Å². The average molecular weight is 1100 g/mol. The molecule has 0 bridgehead atoms. The van der Waals surface area contributed by atoms with Crippen LogP contribution in [0.15, 0.2) is 307 Å². The number of hydrogen-bond donors (Lipinski definition) is 0. The van der Waals surface area contributed by atoms with Crippen LogP contribution < -0.4 is 0 Å². The van der Waals surface area contributed by atoms with Crippen molar-refractivity contribution in [3.63, 3.8) is 0 Å². The van der Waals surface area contributed by atoms with E-state index in [1.54, 1.807) is 0 Å². The van der Waals surface area contributed by atoms with Gasteiger partial charge in [0.25, 0.3) is 0 Å². The van der Waals surface area contributed by atoms with Crippen molar-refractivity contribution in [3.8, 4) is 0 Å². The molecule has 0 amide bonds. The Kier molecular flexibility index (Phi) is 18.0. The molecule has 3 aliphatic rings. The Morgan fingerprint density at radius 3 is 0.667 bits per heavy atom. The van der Waals surface area contributed by atoms with Gasteiger partial charge in [-0.3, -0.25) is 29.9 Å². The van der Waals surface area contributed by atoms with Gasteiger partial charge in [-0.15, -0.1) is 0 Å². The molecule has 370 valence electrons. The molecule has 0 N–H and O–H groups in total. The van der Waals surface area contributed by atoms with Crippen LogP contribution in [-0.4, -0.2) is 32.1 Å². The summed E-state index contributed by atoms with van der Waals surface area (Å²) in [6.45, 7) is 0. The van der Waals surface area contributed by atoms with E-state index >= 15 is 0 Å². The van der Waals surface area contributed by atoms with Crippen LogP contribution in [0, 0.1) is 0 Å². The zero-order valence-corrected chi connectivity index (χ0v) is 44.4. The van der Waals surface area contributed by atoms with Crippen LogP contribution in [0.3, 0.4) is 0 Å². The number of pyridine rings is 3. The van der Waals surface area contributed by atoms with Gasteiger partial charge < -0.3 is 0 Å². The van der Waals surface area contributed by atoms with Gasteiger partial charge in [-0.1, -0.05) is 218 Å². The molecule has 0 atom stereocenters. The van der Waals surface area contributed by atoms with E-state index in [2.05, 4.69) is 230 Å². The summed E-state index contributed by atoms with van der Waals surface area (Å²) in [4.78, 5) is 27.3. The Balaban J connectivity index is 0.000000134. The summed E-state index contributed by atoms with van der Waals surface area (Å²) >= 11 is -0.346. The number of aromatic nitrogens is 3. The third kappa shape index (κ3) is 12.4. The van der Waals surface area contributed by atoms with Crippen molar-refractivity contribution < 1.29 is 15.1 Å². The molecule has 0 saturated carbocycles. The molecule has 6 heterocycles. The zero-order chi connectivity index (χ0) is 51.4. The number of nitrogens with zero attached hydrogens (tertiary/aromatic N) is 6. The normalized spacial score (nSPS) is 15.4. The van der Waals surface area contributed by atoms with E-state index in [4.69, 9.17) is 19.4 Å². The fourth-order valence-corrected chi connectivity index (χ4v) is 10.0. The van der Waals surface area contributed by atoms with Crippen LogP contribution in [0.25, 0.3) is 0 Å². The second-order valence-electron chi connectivity index (χ2n) is 18.0. The summed E-state index contributed by atoms with van der Waals surface area (Å²) in [5.74, 6) is 0. The summed E-state index contributed by atoms with van der Waals surface area (Å²) in [5.41, 5.74) is 12.9. The number of halogens is 2. The van der Waals surface area contributed by atoms with Crippen LogP contribution in [0.4, 0.5) is 0 Å². The fourth-order valence-electron chi connectivity index (χ4n) is 10.0. The molecule has 0 radical (unpaired) electrons. The monoisotopic (exact) mass is 1100 g/mol. The number of rotatable bonds is 9. The molecular formula is C66H54Cl2N6Ru. The Bertz CT molecular complexity index is 2880. The van der Waals surface area contributed by atoms with E-state index in [1.807, 2.05) is 91.8 Å². The first kappa shape index (κ1) is 52.1. The molecule has 3 aliphatic heterocycles. The van der Waals surface area contributed by atoms with Crippen LogP contribution in [0.2, 0.25) is 0 Å². The Labute approximate surface area is 456 Å². The molecule has 9 heteroatoms. The summed E-state index contributed by atoms with van der Waals surface area (Å²) in [6.07, 6.45) is 20.3. The zero-order valence-electron chi connectivity index (χ0n) is 41.1. The van der Waals surface area contributed by atoms with E-state index in [9.17, 15) is 0 Å². The van der Waals surface area contributed by atoms with Gasteiger partial charge in [0.2, 0.25) is 0 Å². The van der Waals surface area contributed by atoms with E-state index < -0.39 is 0 Å². The third-order valence-corrected chi connectivity index (χ3v) is 13.7. The van der Waals surface area contributed by atoms with Crippen molar-refractivity contribution in [2.24, 2.45) is 15.0 Å². The molecular weight excluding hydrogens is 1050 g/mol. The molecule has 6 nitrogen and oxygen atoms in total. The predicted octanol–water partition coefficient (Wildman–Crippen LogP) is 15.7. The van der Waals surface area contributed by atoms with E-state index in [1.165, 1.54) is 33.4 Å². The third-order valence-electron chi connectivity index (χ3n) is 13.7. The Morgan fingerprint density at radius 2 is 0.480 bits per heavy atom. The summed E-state index contributed by atoms with van der Waals surface area (Å²) < 4.78 is 0. The topological polar surface area (TPSA) is 75.8 Å². The SMILES string of the molecule is C1=CC(c2ccccc2)(c2ccccc2)CC(c2ccccn2)=N1.C1=CC(c2ccccc2)(c2ccccc2)CC(c2ccccn2)=N1.C1=CC(c2ccccc2)(c2ccccc2)CC(c2ccccn2)=N1.[Cl][Ru][Cl]. The van der Waals surface area contributed by atoms with Gasteiger partial charge in [0.1, 0.15) is 0 Å². The van der Waals surface area contributed by atoms with Crippen molar-refractivity contribution in [2.45, 2.75) is 35.5 Å². The second-order valence-corrected chi connectivity index (χ2v) is 20.6. The molecule has 0 aliphatic carbocycles. The predicted molar refractivity (Wildman–Crippen MR) is 306 cm³/mol. The molecule has 0 saturated heterocycles. The average Bonchev–Trinajstić information content (AvgIpc) is 3.52. The van der Waals surface area contributed by atoms with Gasteiger partial charge in [0, 0.05) is 72.7 Å². The van der Waals surface area contributed by atoms with Crippen LogP contribution in [-0.2, 0) is 31.4 Å². The van der Waals surface area contributed by atoms with Crippen molar-refractivity contribution in [3.05, 3.63) is 342 Å². The van der Waals surface area contributed by atoms with E-state index in [0.717, 1.165) is 53.5 Å². The number of hydrogen-bond acceptors (Lipinski definition) is 6. The molecule has 9 aromatic rings.